The number of hydrogen-bond acceptors (Lipinski definition) is 3. The van der Waals surface area contributed by atoms with Crippen LogP contribution < -0.4 is 10.6 Å². The molecule has 4 rings (SSSR count). The van der Waals surface area contributed by atoms with E-state index in [4.69, 9.17) is 0 Å². The molecule has 0 spiro atoms. The van der Waals surface area contributed by atoms with Gasteiger partial charge < -0.3 is 10.6 Å². The molecule has 1 aliphatic heterocycles. The fourth-order valence-electron chi connectivity index (χ4n) is 2.97. The highest BCUT2D eigenvalue weighted by Crippen LogP contribution is 2.35. The molecule has 2 heterocycles. The zero-order valence-electron chi connectivity index (χ0n) is 13.9. The topological polar surface area (TPSA) is 76.0 Å². The lowest BCUT2D eigenvalue weighted by molar-refractivity contribution is -0.123. The summed E-state index contributed by atoms with van der Waals surface area (Å²) in [5, 5.41) is 9.56. The second kappa shape index (κ2) is 6.64. The van der Waals surface area contributed by atoms with E-state index in [0.29, 0.717) is 22.6 Å². The van der Waals surface area contributed by atoms with E-state index in [1.807, 2.05) is 0 Å². The predicted octanol–water partition coefficient (Wildman–Crippen LogP) is 3.35. The molecule has 0 saturated carbocycles. The lowest BCUT2D eigenvalue weighted by Gasteiger charge is -2.09. The summed E-state index contributed by atoms with van der Waals surface area (Å²) in [7, 11) is 0. The van der Waals surface area contributed by atoms with Crippen LogP contribution >= 0.6 is 0 Å². The number of nitrogens with one attached hydrogen (secondary N) is 2. The molecule has 2 amide bonds. The van der Waals surface area contributed by atoms with Crippen molar-refractivity contribution in [3.63, 3.8) is 0 Å². The van der Waals surface area contributed by atoms with Gasteiger partial charge in [-0.3, -0.25) is 9.59 Å². The summed E-state index contributed by atoms with van der Waals surface area (Å²) >= 11 is 0. The van der Waals surface area contributed by atoms with Crippen LogP contribution in [-0.4, -0.2) is 21.6 Å². The lowest BCUT2D eigenvalue weighted by Crippen LogP contribution is -2.23. The van der Waals surface area contributed by atoms with Gasteiger partial charge >= 0.3 is 0 Å². The summed E-state index contributed by atoms with van der Waals surface area (Å²) in [5.74, 6) is -1.05. The van der Waals surface area contributed by atoms with E-state index >= 15 is 0 Å². The third kappa shape index (κ3) is 3.29. The van der Waals surface area contributed by atoms with E-state index in [2.05, 4.69) is 15.7 Å². The maximum atomic E-state index is 13.1. The molecule has 2 N–H and O–H groups in total. The number of amides is 2. The number of anilines is 2. The van der Waals surface area contributed by atoms with Gasteiger partial charge in [0.15, 0.2) is 0 Å². The summed E-state index contributed by atoms with van der Waals surface area (Å²) in [6.45, 7) is 0. The monoisotopic (exact) mass is 368 g/mol. The van der Waals surface area contributed by atoms with E-state index in [1.165, 1.54) is 41.1 Å². The number of aromatic nitrogens is 2. The number of carbonyl (C=O) groups excluding carboxylic acids is 2. The van der Waals surface area contributed by atoms with E-state index < -0.39 is 17.8 Å². The van der Waals surface area contributed by atoms with Crippen molar-refractivity contribution < 1.29 is 18.4 Å². The number of rotatable bonds is 4. The van der Waals surface area contributed by atoms with Crippen molar-refractivity contribution in [3.05, 3.63) is 66.4 Å². The van der Waals surface area contributed by atoms with E-state index in [9.17, 15) is 18.4 Å². The van der Waals surface area contributed by atoms with Gasteiger partial charge in [-0.2, -0.15) is 5.10 Å². The first kappa shape index (κ1) is 16.9. The number of benzene rings is 2. The van der Waals surface area contributed by atoms with Crippen LogP contribution in [0.2, 0.25) is 0 Å². The first-order valence-electron chi connectivity index (χ1n) is 8.21. The van der Waals surface area contributed by atoms with Crippen LogP contribution in [0.5, 0.6) is 0 Å². The highest BCUT2D eigenvalue weighted by Gasteiger charge is 2.35. The Labute approximate surface area is 152 Å². The van der Waals surface area contributed by atoms with E-state index in [0.717, 1.165) is 0 Å². The second-order valence-electron chi connectivity index (χ2n) is 6.12. The third-order valence-electron chi connectivity index (χ3n) is 4.30. The summed E-state index contributed by atoms with van der Waals surface area (Å²) in [6.07, 6.45) is 1.44. The molecule has 2 aromatic carbocycles. The molecule has 0 saturated heterocycles. The first-order chi connectivity index (χ1) is 13.0. The molecule has 136 valence electrons. The Morgan fingerprint density at radius 2 is 1.70 bits per heavy atom. The molecule has 0 bridgehead atoms. The highest BCUT2D eigenvalue weighted by molar-refractivity contribution is 6.04. The summed E-state index contributed by atoms with van der Waals surface area (Å²) in [4.78, 5) is 24.6. The van der Waals surface area contributed by atoms with E-state index in [1.54, 1.807) is 18.3 Å². The molecule has 1 unspecified atom stereocenters. The van der Waals surface area contributed by atoms with Crippen molar-refractivity contribution in [1.29, 1.82) is 0 Å². The molecule has 1 atom stereocenters. The van der Waals surface area contributed by atoms with Crippen LogP contribution in [0.1, 0.15) is 12.5 Å². The molecule has 27 heavy (non-hydrogen) atoms. The molecule has 8 heteroatoms. The quantitative estimate of drug-likeness (QED) is 0.742. The minimum absolute atomic E-state index is 0.124. The average molecular weight is 368 g/mol. The smallest absolute Gasteiger partial charge is 0.251 e. The van der Waals surface area contributed by atoms with Crippen molar-refractivity contribution in [2.45, 2.75) is 12.5 Å². The largest absolute Gasteiger partial charge is 0.326 e. The van der Waals surface area contributed by atoms with Gasteiger partial charge in [0.2, 0.25) is 5.91 Å². The molecule has 0 radical (unpaired) electrons. The Balaban J connectivity index is 1.52. The zero-order chi connectivity index (χ0) is 19.0. The van der Waals surface area contributed by atoms with Crippen molar-refractivity contribution in [2.75, 3.05) is 10.6 Å². The van der Waals surface area contributed by atoms with Gasteiger partial charge in [-0.15, -0.1) is 0 Å². The van der Waals surface area contributed by atoms with Gasteiger partial charge in [0.25, 0.3) is 5.91 Å². The maximum absolute atomic E-state index is 13.1. The van der Waals surface area contributed by atoms with Crippen LogP contribution in [0.25, 0.3) is 11.1 Å². The van der Waals surface area contributed by atoms with Gasteiger partial charge in [-0.1, -0.05) is 12.1 Å². The first-order valence-corrected chi connectivity index (χ1v) is 8.21. The number of nitrogens with zero attached hydrogens (tertiary/aromatic N) is 2. The molecule has 1 aromatic heterocycles. The third-order valence-corrected chi connectivity index (χ3v) is 4.30. The van der Waals surface area contributed by atoms with Crippen LogP contribution in [0.15, 0.2) is 54.7 Å². The minimum Gasteiger partial charge on any atom is -0.326 e. The second-order valence-corrected chi connectivity index (χ2v) is 6.12. The van der Waals surface area contributed by atoms with E-state index in [-0.39, 0.29) is 18.1 Å². The van der Waals surface area contributed by atoms with Crippen LogP contribution in [0.3, 0.4) is 0 Å². The normalized spacial score (nSPS) is 15.3. The fourth-order valence-corrected chi connectivity index (χ4v) is 2.97. The Kier molecular flexibility index (Phi) is 4.15. The molecule has 6 nitrogen and oxygen atoms in total. The summed E-state index contributed by atoms with van der Waals surface area (Å²) < 4.78 is 27.5. The molecule has 0 fully saturated rings. The van der Waals surface area contributed by atoms with Gasteiger partial charge in [-0.05, 0) is 42.0 Å². The molecule has 0 aliphatic carbocycles. The standard InChI is InChI=1S/C19H14F2N4O2/c20-12-3-1-11(2-4-12)15-10-22-25-16(19(27)24-18(15)25)9-17(26)23-14-7-5-13(21)6-8-14/h1-8,10,16H,9H2,(H,23,26)(H,24,27). The Bertz CT molecular complexity index is 1010. The van der Waals surface area contributed by atoms with Crippen molar-refractivity contribution >= 4 is 23.3 Å². The number of fused-ring (bicyclic) bond motifs is 1. The van der Waals surface area contributed by atoms with Gasteiger partial charge in [0, 0.05) is 11.3 Å². The molecular weight excluding hydrogens is 354 g/mol. The lowest BCUT2D eigenvalue weighted by atomic mass is 10.1. The minimum atomic E-state index is -0.797. The zero-order valence-corrected chi connectivity index (χ0v) is 13.9. The highest BCUT2D eigenvalue weighted by atomic mass is 19.1. The van der Waals surface area contributed by atoms with Crippen molar-refractivity contribution in [1.82, 2.24) is 9.78 Å². The number of carbonyl (C=O) groups is 2. The van der Waals surface area contributed by atoms with Crippen molar-refractivity contribution in [2.24, 2.45) is 0 Å². The Hall–Kier alpha value is -3.55. The van der Waals surface area contributed by atoms with Gasteiger partial charge in [0.1, 0.15) is 23.5 Å². The van der Waals surface area contributed by atoms with Crippen LogP contribution in [0.4, 0.5) is 20.3 Å². The van der Waals surface area contributed by atoms with Gasteiger partial charge in [-0.25, -0.2) is 13.5 Å². The number of hydrogen-bond donors (Lipinski definition) is 2. The van der Waals surface area contributed by atoms with Crippen LogP contribution in [-0.2, 0) is 9.59 Å². The average Bonchev–Trinajstić information content (AvgIpc) is 3.18. The molecular formula is C19H14F2N4O2. The van der Waals surface area contributed by atoms with Crippen molar-refractivity contribution in [3.8, 4) is 11.1 Å². The fraction of sp³-hybridized carbons (Fsp3) is 0.105. The number of halogens is 2. The molecule has 3 aromatic rings. The summed E-state index contributed by atoms with van der Waals surface area (Å²) in [5.41, 5.74) is 1.78. The SMILES string of the molecule is O=C(CC1C(=O)Nc2c(-c3ccc(F)cc3)cnn21)Nc1ccc(F)cc1. The Morgan fingerprint density at radius 3 is 2.37 bits per heavy atom. The Morgan fingerprint density at radius 1 is 1.07 bits per heavy atom. The van der Waals surface area contributed by atoms with Gasteiger partial charge in [0.05, 0.1) is 12.6 Å². The summed E-state index contributed by atoms with van der Waals surface area (Å²) in [6, 6.07) is 10.4. The van der Waals surface area contributed by atoms with Crippen LogP contribution in [0, 0.1) is 11.6 Å². The molecule has 1 aliphatic rings. The predicted molar refractivity (Wildman–Crippen MR) is 94.9 cm³/mol. The maximum Gasteiger partial charge on any atom is 0.251 e.